The fourth-order valence-corrected chi connectivity index (χ4v) is 1.30. The van der Waals surface area contributed by atoms with Gasteiger partial charge in [0.1, 0.15) is 6.54 Å². The number of urea groups is 1. The van der Waals surface area contributed by atoms with Gasteiger partial charge < -0.3 is 15.3 Å². The zero-order chi connectivity index (χ0) is 14.3. The Morgan fingerprint density at radius 3 is 2.28 bits per heavy atom. The molecule has 5 nitrogen and oxygen atoms in total. The van der Waals surface area contributed by atoms with Gasteiger partial charge in [-0.25, -0.2) is 4.79 Å². The molecule has 2 N–H and O–H groups in total. The smallest absolute Gasteiger partial charge is 0.323 e. The van der Waals surface area contributed by atoms with Crippen LogP contribution in [0, 0.1) is 11.3 Å². The van der Waals surface area contributed by atoms with Gasteiger partial charge in [0.2, 0.25) is 0 Å². The third kappa shape index (κ3) is 5.89. The molecule has 0 aromatic rings. The van der Waals surface area contributed by atoms with E-state index in [2.05, 4.69) is 33.0 Å². The molecule has 0 atom stereocenters. The van der Waals surface area contributed by atoms with Crippen molar-refractivity contribution in [2.24, 2.45) is 11.3 Å². The monoisotopic (exact) mass is 258 g/mol. The predicted molar refractivity (Wildman–Crippen MR) is 71.5 cm³/mol. The Hall–Kier alpha value is -1.26. The number of carbonyl (C=O) groups is 2. The first-order valence-corrected chi connectivity index (χ1v) is 6.45. The van der Waals surface area contributed by atoms with E-state index >= 15 is 0 Å². The van der Waals surface area contributed by atoms with Crippen LogP contribution in [0.2, 0.25) is 0 Å². The number of carbonyl (C=O) groups excluding carboxylic acids is 1. The molecule has 0 bridgehead atoms. The van der Waals surface area contributed by atoms with Crippen molar-refractivity contribution in [2.45, 2.75) is 41.0 Å². The van der Waals surface area contributed by atoms with Crippen molar-refractivity contribution in [1.82, 2.24) is 10.2 Å². The van der Waals surface area contributed by atoms with Crippen molar-refractivity contribution in [3.63, 3.8) is 0 Å². The Bertz CT molecular complexity index is 288. The Kier molecular flexibility index (Phi) is 6.73. The first kappa shape index (κ1) is 16.7. The van der Waals surface area contributed by atoms with Crippen LogP contribution in [-0.4, -0.2) is 41.6 Å². The van der Waals surface area contributed by atoms with Gasteiger partial charge in [-0.15, -0.1) is 0 Å². The summed E-state index contributed by atoms with van der Waals surface area (Å²) in [5.41, 5.74) is -0.00321. The molecular weight excluding hydrogens is 232 g/mol. The molecule has 0 saturated heterocycles. The highest BCUT2D eigenvalue weighted by molar-refractivity contribution is 5.80. The molecule has 106 valence electrons. The SMILES string of the molecule is CCCN(CC(=O)O)C(=O)NCC(C)(C)C(C)C. The molecule has 0 aliphatic rings. The summed E-state index contributed by atoms with van der Waals surface area (Å²) in [6.07, 6.45) is 0.744. The molecule has 0 aromatic heterocycles. The van der Waals surface area contributed by atoms with Crippen molar-refractivity contribution < 1.29 is 14.7 Å². The normalized spacial score (nSPS) is 11.4. The quantitative estimate of drug-likeness (QED) is 0.735. The minimum Gasteiger partial charge on any atom is -0.480 e. The Labute approximate surface area is 110 Å². The highest BCUT2D eigenvalue weighted by Crippen LogP contribution is 2.24. The highest BCUT2D eigenvalue weighted by Gasteiger charge is 2.24. The molecule has 18 heavy (non-hydrogen) atoms. The molecule has 0 heterocycles. The molecular formula is C13H26N2O3. The minimum absolute atomic E-state index is 0.00321. The average molecular weight is 258 g/mol. The van der Waals surface area contributed by atoms with Crippen LogP contribution in [0.4, 0.5) is 4.79 Å². The second kappa shape index (κ2) is 7.24. The molecule has 0 radical (unpaired) electrons. The van der Waals surface area contributed by atoms with Gasteiger partial charge in [0.05, 0.1) is 0 Å². The lowest BCUT2D eigenvalue weighted by Crippen LogP contribution is -2.46. The van der Waals surface area contributed by atoms with Crippen molar-refractivity contribution in [3.05, 3.63) is 0 Å². The van der Waals surface area contributed by atoms with Gasteiger partial charge in [0, 0.05) is 13.1 Å². The zero-order valence-electron chi connectivity index (χ0n) is 12.1. The molecule has 0 unspecified atom stereocenters. The van der Waals surface area contributed by atoms with Crippen LogP contribution in [0.25, 0.3) is 0 Å². The van der Waals surface area contributed by atoms with Crippen molar-refractivity contribution in [1.29, 1.82) is 0 Å². The van der Waals surface area contributed by atoms with E-state index in [1.165, 1.54) is 4.90 Å². The first-order valence-electron chi connectivity index (χ1n) is 6.45. The van der Waals surface area contributed by atoms with Gasteiger partial charge in [-0.2, -0.15) is 0 Å². The molecule has 2 amide bonds. The second-order valence-corrected chi connectivity index (χ2v) is 5.62. The van der Waals surface area contributed by atoms with Crippen LogP contribution in [0.3, 0.4) is 0 Å². The summed E-state index contributed by atoms with van der Waals surface area (Å²) in [6.45, 7) is 11.0. The van der Waals surface area contributed by atoms with Crippen LogP contribution in [0.5, 0.6) is 0 Å². The average Bonchev–Trinajstić information content (AvgIpc) is 2.24. The number of hydrogen-bond donors (Lipinski definition) is 2. The maximum atomic E-state index is 11.9. The number of nitrogens with zero attached hydrogens (tertiary/aromatic N) is 1. The molecule has 5 heteroatoms. The molecule has 0 aliphatic heterocycles. The first-order chi connectivity index (χ1) is 8.20. The van der Waals surface area contributed by atoms with Gasteiger partial charge in [0.25, 0.3) is 0 Å². The molecule has 0 rings (SSSR count). The molecule has 0 aromatic carbocycles. The number of carboxylic acid groups (broad SMARTS) is 1. The number of aliphatic carboxylic acids is 1. The van der Waals surface area contributed by atoms with E-state index in [9.17, 15) is 9.59 Å². The van der Waals surface area contributed by atoms with E-state index in [1.807, 2.05) is 6.92 Å². The Morgan fingerprint density at radius 2 is 1.89 bits per heavy atom. The maximum absolute atomic E-state index is 11.9. The summed E-state index contributed by atoms with van der Waals surface area (Å²) in [5, 5.41) is 11.6. The van der Waals surface area contributed by atoms with Crippen molar-refractivity contribution in [3.8, 4) is 0 Å². The Morgan fingerprint density at radius 1 is 1.33 bits per heavy atom. The van der Waals surface area contributed by atoms with E-state index < -0.39 is 5.97 Å². The summed E-state index contributed by atoms with van der Waals surface area (Å²) in [4.78, 5) is 23.9. The summed E-state index contributed by atoms with van der Waals surface area (Å²) in [5.74, 6) is -0.543. The van der Waals surface area contributed by atoms with Crippen LogP contribution in [0.15, 0.2) is 0 Å². The maximum Gasteiger partial charge on any atom is 0.323 e. The van der Waals surface area contributed by atoms with E-state index in [0.29, 0.717) is 19.0 Å². The van der Waals surface area contributed by atoms with Crippen molar-refractivity contribution >= 4 is 12.0 Å². The lowest BCUT2D eigenvalue weighted by molar-refractivity contribution is -0.137. The van der Waals surface area contributed by atoms with Crippen LogP contribution < -0.4 is 5.32 Å². The lowest BCUT2D eigenvalue weighted by Gasteiger charge is -2.31. The number of nitrogens with one attached hydrogen (secondary N) is 1. The number of carboxylic acids is 1. The fraction of sp³-hybridized carbons (Fsp3) is 0.846. The van der Waals surface area contributed by atoms with Crippen LogP contribution in [0.1, 0.15) is 41.0 Å². The Balaban J connectivity index is 4.38. The minimum atomic E-state index is -0.985. The summed E-state index contributed by atoms with van der Waals surface area (Å²) >= 11 is 0. The third-order valence-electron chi connectivity index (χ3n) is 3.37. The summed E-state index contributed by atoms with van der Waals surface area (Å²) in [7, 11) is 0. The standard InChI is InChI=1S/C13H26N2O3/c1-6-7-15(8-11(16)17)12(18)14-9-13(4,5)10(2)3/h10H,6-9H2,1-5H3,(H,14,18)(H,16,17). The van der Waals surface area contributed by atoms with Crippen LogP contribution >= 0.6 is 0 Å². The fourth-order valence-electron chi connectivity index (χ4n) is 1.30. The molecule has 0 saturated carbocycles. The van der Waals surface area contributed by atoms with Crippen molar-refractivity contribution in [2.75, 3.05) is 19.6 Å². The predicted octanol–water partition coefficient (Wildman–Crippen LogP) is 2.17. The van der Waals surface area contributed by atoms with E-state index in [1.54, 1.807) is 0 Å². The molecule has 0 spiro atoms. The number of rotatable bonds is 7. The largest absolute Gasteiger partial charge is 0.480 e. The van der Waals surface area contributed by atoms with Gasteiger partial charge in [-0.1, -0.05) is 34.6 Å². The van der Waals surface area contributed by atoms with Crippen LogP contribution in [-0.2, 0) is 4.79 Å². The third-order valence-corrected chi connectivity index (χ3v) is 3.37. The summed E-state index contributed by atoms with van der Waals surface area (Å²) < 4.78 is 0. The van der Waals surface area contributed by atoms with Gasteiger partial charge in [-0.05, 0) is 17.8 Å². The lowest BCUT2D eigenvalue weighted by atomic mass is 9.81. The highest BCUT2D eigenvalue weighted by atomic mass is 16.4. The number of amides is 2. The van der Waals surface area contributed by atoms with Gasteiger partial charge in [-0.3, -0.25) is 4.79 Å². The number of hydrogen-bond acceptors (Lipinski definition) is 2. The van der Waals surface area contributed by atoms with E-state index in [4.69, 9.17) is 5.11 Å². The summed E-state index contributed by atoms with van der Waals surface area (Å²) in [6, 6.07) is -0.298. The molecule has 0 aliphatic carbocycles. The van der Waals surface area contributed by atoms with E-state index in [-0.39, 0.29) is 18.0 Å². The second-order valence-electron chi connectivity index (χ2n) is 5.62. The topological polar surface area (TPSA) is 69.6 Å². The van der Waals surface area contributed by atoms with Gasteiger partial charge >= 0.3 is 12.0 Å². The van der Waals surface area contributed by atoms with Gasteiger partial charge in [0.15, 0.2) is 0 Å². The van der Waals surface area contributed by atoms with E-state index in [0.717, 1.165) is 6.42 Å². The molecule has 0 fully saturated rings. The zero-order valence-corrected chi connectivity index (χ0v) is 12.1.